The molecule has 150 valence electrons. The molecule has 7 heteroatoms. The smallest absolute Gasteiger partial charge is 0.251 e. The summed E-state index contributed by atoms with van der Waals surface area (Å²) in [6.45, 7) is 4.60. The van der Waals surface area contributed by atoms with Crippen molar-refractivity contribution in [1.82, 2.24) is 9.62 Å². The van der Waals surface area contributed by atoms with Gasteiger partial charge in [-0.3, -0.25) is 4.79 Å². The highest BCUT2D eigenvalue weighted by Crippen LogP contribution is 2.25. The van der Waals surface area contributed by atoms with E-state index < -0.39 is 10.0 Å². The number of nitrogens with zero attached hydrogens (tertiary/aromatic N) is 1. The number of phenols is 1. The fraction of sp³-hybridized carbons (Fsp3) is 0.381. The number of carbonyl (C=O) groups excluding carboxylic acids is 1. The van der Waals surface area contributed by atoms with Gasteiger partial charge in [-0.2, -0.15) is 4.31 Å². The number of aryl methyl sites for hydroxylation is 1. The van der Waals surface area contributed by atoms with E-state index in [4.69, 9.17) is 0 Å². The molecule has 6 nitrogen and oxygen atoms in total. The van der Waals surface area contributed by atoms with Crippen molar-refractivity contribution in [3.8, 4) is 5.75 Å². The lowest BCUT2D eigenvalue weighted by Crippen LogP contribution is -2.36. The van der Waals surface area contributed by atoms with E-state index >= 15 is 0 Å². The van der Waals surface area contributed by atoms with Crippen LogP contribution in [0.25, 0.3) is 0 Å². The van der Waals surface area contributed by atoms with Gasteiger partial charge in [-0.05, 0) is 62.1 Å². The van der Waals surface area contributed by atoms with Crippen LogP contribution >= 0.6 is 0 Å². The first-order valence-corrected chi connectivity index (χ1v) is 10.9. The Labute approximate surface area is 166 Å². The second-order valence-electron chi connectivity index (χ2n) is 7.24. The summed E-state index contributed by atoms with van der Waals surface area (Å²) in [5.41, 5.74) is 1.69. The molecule has 0 spiro atoms. The number of amides is 1. The third kappa shape index (κ3) is 4.36. The van der Waals surface area contributed by atoms with Gasteiger partial charge in [0.05, 0.1) is 10.9 Å². The van der Waals surface area contributed by atoms with Crippen LogP contribution in [0.4, 0.5) is 0 Å². The second kappa shape index (κ2) is 8.32. The van der Waals surface area contributed by atoms with Gasteiger partial charge < -0.3 is 10.4 Å². The molecule has 1 aliphatic rings. The van der Waals surface area contributed by atoms with Gasteiger partial charge >= 0.3 is 0 Å². The average molecular weight is 403 g/mol. The SMILES string of the molecule is Cc1ccc(C(=O)NC(C)c2cccc(O)c2)cc1S(=O)(=O)N1CCCCC1. The molecule has 0 aliphatic carbocycles. The van der Waals surface area contributed by atoms with Gasteiger partial charge in [-0.1, -0.05) is 24.6 Å². The summed E-state index contributed by atoms with van der Waals surface area (Å²) in [6.07, 6.45) is 2.76. The Balaban J connectivity index is 1.83. The van der Waals surface area contributed by atoms with Crippen molar-refractivity contribution in [3.05, 3.63) is 59.2 Å². The van der Waals surface area contributed by atoms with Crippen LogP contribution in [-0.2, 0) is 10.0 Å². The van der Waals surface area contributed by atoms with Gasteiger partial charge in [0.15, 0.2) is 0 Å². The van der Waals surface area contributed by atoms with Crippen LogP contribution in [0.15, 0.2) is 47.4 Å². The van der Waals surface area contributed by atoms with Crippen molar-refractivity contribution in [2.45, 2.75) is 44.0 Å². The summed E-state index contributed by atoms with van der Waals surface area (Å²) in [4.78, 5) is 12.9. The summed E-state index contributed by atoms with van der Waals surface area (Å²) < 4.78 is 27.6. The molecule has 1 fully saturated rings. The highest BCUT2D eigenvalue weighted by molar-refractivity contribution is 7.89. The molecule has 1 heterocycles. The van der Waals surface area contributed by atoms with E-state index in [1.54, 1.807) is 37.3 Å². The molecule has 0 saturated carbocycles. The summed E-state index contributed by atoms with van der Waals surface area (Å²) in [5, 5.41) is 12.5. The Morgan fingerprint density at radius 3 is 2.50 bits per heavy atom. The van der Waals surface area contributed by atoms with Gasteiger partial charge in [0.1, 0.15) is 5.75 Å². The molecule has 2 aromatic rings. The van der Waals surface area contributed by atoms with Crippen LogP contribution < -0.4 is 5.32 Å². The molecule has 2 aromatic carbocycles. The lowest BCUT2D eigenvalue weighted by molar-refractivity contribution is 0.0939. The van der Waals surface area contributed by atoms with Gasteiger partial charge in [0.2, 0.25) is 10.0 Å². The normalized spacial score (nSPS) is 16.5. The Hall–Kier alpha value is -2.38. The van der Waals surface area contributed by atoms with Gasteiger partial charge in [0.25, 0.3) is 5.91 Å². The number of hydrogen-bond donors (Lipinski definition) is 2. The Kier molecular flexibility index (Phi) is 6.05. The van der Waals surface area contributed by atoms with Crippen molar-refractivity contribution >= 4 is 15.9 Å². The summed E-state index contributed by atoms with van der Waals surface area (Å²) in [6, 6.07) is 11.1. The third-order valence-corrected chi connectivity index (χ3v) is 7.14. The Morgan fingerprint density at radius 2 is 1.82 bits per heavy atom. The minimum atomic E-state index is -3.61. The zero-order chi connectivity index (χ0) is 20.3. The van der Waals surface area contributed by atoms with E-state index in [-0.39, 0.29) is 22.6 Å². The highest BCUT2D eigenvalue weighted by Gasteiger charge is 2.28. The first-order chi connectivity index (χ1) is 13.3. The van der Waals surface area contributed by atoms with Crippen molar-refractivity contribution in [2.24, 2.45) is 0 Å². The van der Waals surface area contributed by atoms with E-state index in [2.05, 4.69) is 5.32 Å². The van der Waals surface area contributed by atoms with E-state index in [0.29, 0.717) is 24.2 Å². The van der Waals surface area contributed by atoms with Gasteiger partial charge in [-0.25, -0.2) is 8.42 Å². The summed E-state index contributed by atoms with van der Waals surface area (Å²) in [7, 11) is -3.61. The molecule has 1 amide bonds. The predicted molar refractivity (Wildman–Crippen MR) is 108 cm³/mol. The van der Waals surface area contributed by atoms with E-state index in [0.717, 1.165) is 24.8 Å². The molecule has 1 atom stereocenters. The lowest BCUT2D eigenvalue weighted by Gasteiger charge is -2.26. The standard InChI is InChI=1S/C21H26N2O4S/c1-15-9-10-18(14-20(15)28(26,27)23-11-4-3-5-12-23)21(25)22-16(2)17-7-6-8-19(24)13-17/h6-10,13-14,16,24H,3-5,11-12H2,1-2H3,(H,22,25). The van der Waals surface area contributed by atoms with Crippen LogP contribution in [0.5, 0.6) is 5.75 Å². The molecule has 3 rings (SSSR count). The number of piperidine rings is 1. The maximum absolute atomic E-state index is 13.0. The van der Waals surface area contributed by atoms with E-state index in [9.17, 15) is 18.3 Å². The number of hydrogen-bond acceptors (Lipinski definition) is 4. The number of rotatable bonds is 5. The van der Waals surface area contributed by atoms with E-state index in [1.165, 1.54) is 10.4 Å². The largest absolute Gasteiger partial charge is 0.508 e. The van der Waals surface area contributed by atoms with Crippen LogP contribution in [0.1, 0.15) is 53.7 Å². The molecule has 1 aliphatic heterocycles. The maximum Gasteiger partial charge on any atom is 0.251 e. The van der Waals surface area contributed by atoms with Crippen molar-refractivity contribution in [2.75, 3.05) is 13.1 Å². The van der Waals surface area contributed by atoms with Crippen molar-refractivity contribution in [1.29, 1.82) is 0 Å². The van der Waals surface area contributed by atoms with Crippen LogP contribution in [0, 0.1) is 6.92 Å². The van der Waals surface area contributed by atoms with E-state index in [1.807, 2.05) is 13.0 Å². The monoisotopic (exact) mass is 402 g/mol. The molecular weight excluding hydrogens is 376 g/mol. The zero-order valence-electron chi connectivity index (χ0n) is 16.2. The fourth-order valence-corrected chi connectivity index (χ4v) is 5.19. The topological polar surface area (TPSA) is 86.7 Å². The van der Waals surface area contributed by atoms with Gasteiger partial charge in [-0.15, -0.1) is 0 Å². The number of aromatic hydroxyl groups is 1. The molecule has 2 N–H and O–H groups in total. The van der Waals surface area contributed by atoms with Crippen LogP contribution in [0.2, 0.25) is 0 Å². The third-order valence-electron chi connectivity index (χ3n) is 5.10. The summed E-state index contributed by atoms with van der Waals surface area (Å²) in [5.74, 6) is -0.227. The second-order valence-corrected chi connectivity index (χ2v) is 9.14. The van der Waals surface area contributed by atoms with Crippen LogP contribution in [-0.4, -0.2) is 36.8 Å². The van der Waals surface area contributed by atoms with Crippen molar-refractivity contribution in [3.63, 3.8) is 0 Å². The molecule has 1 saturated heterocycles. The number of sulfonamides is 1. The van der Waals surface area contributed by atoms with Gasteiger partial charge in [0, 0.05) is 18.7 Å². The minimum absolute atomic E-state index is 0.129. The minimum Gasteiger partial charge on any atom is -0.508 e. The summed E-state index contributed by atoms with van der Waals surface area (Å²) >= 11 is 0. The molecular formula is C21H26N2O4S. The zero-order valence-corrected chi connectivity index (χ0v) is 17.0. The Bertz CT molecular complexity index is 966. The molecule has 0 radical (unpaired) electrons. The molecule has 28 heavy (non-hydrogen) atoms. The molecule has 0 bridgehead atoms. The average Bonchev–Trinajstić information content (AvgIpc) is 2.68. The number of benzene rings is 2. The first-order valence-electron chi connectivity index (χ1n) is 9.49. The fourth-order valence-electron chi connectivity index (χ4n) is 3.42. The first kappa shape index (κ1) is 20.4. The maximum atomic E-state index is 13.0. The predicted octanol–water partition coefficient (Wildman–Crippen LogP) is 3.37. The van der Waals surface area contributed by atoms with Crippen molar-refractivity contribution < 1.29 is 18.3 Å². The number of carbonyl (C=O) groups is 1. The van der Waals surface area contributed by atoms with Crippen LogP contribution in [0.3, 0.4) is 0 Å². The highest BCUT2D eigenvalue weighted by atomic mass is 32.2. The number of nitrogens with one attached hydrogen (secondary N) is 1. The Morgan fingerprint density at radius 1 is 1.11 bits per heavy atom. The quantitative estimate of drug-likeness (QED) is 0.803. The molecule has 0 aromatic heterocycles. The number of phenolic OH excluding ortho intramolecular Hbond substituents is 1. The molecule has 1 unspecified atom stereocenters. The lowest BCUT2D eigenvalue weighted by atomic mass is 10.1.